The van der Waals surface area contributed by atoms with Gasteiger partial charge in [-0.1, -0.05) is 35.9 Å². The molecule has 3 aliphatic heterocycles. The van der Waals surface area contributed by atoms with Gasteiger partial charge in [-0.2, -0.15) is 0 Å². The Morgan fingerprint density at radius 2 is 1.72 bits per heavy atom. The van der Waals surface area contributed by atoms with Gasteiger partial charge in [0, 0.05) is 65.3 Å². The number of benzene rings is 2. The van der Waals surface area contributed by atoms with Gasteiger partial charge in [0.25, 0.3) is 0 Å². The van der Waals surface area contributed by atoms with Gasteiger partial charge in [0.1, 0.15) is 22.6 Å². The van der Waals surface area contributed by atoms with Crippen LogP contribution in [0.4, 0.5) is 0 Å². The number of carbonyl (C=O) groups excluding carboxylic acids is 3. The molecule has 0 N–H and O–H groups in total. The number of aromatic nitrogens is 3. The van der Waals surface area contributed by atoms with Crippen molar-refractivity contribution in [1.82, 2.24) is 24.6 Å². The van der Waals surface area contributed by atoms with E-state index in [0.717, 1.165) is 51.0 Å². The predicted octanol–water partition coefficient (Wildman–Crippen LogP) is 5.23. The zero-order valence-electron chi connectivity index (χ0n) is 26.3. The van der Waals surface area contributed by atoms with Crippen LogP contribution in [0, 0.1) is 20.8 Å². The van der Waals surface area contributed by atoms with Crippen molar-refractivity contribution in [2.45, 2.75) is 39.7 Å². The lowest BCUT2D eigenvalue weighted by Crippen LogP contribution is -2.50. The first-order valence-electron chi connectivity index (χ1n) is 15.6. The lowest BCUT2D eigenvalue weighted by molar-refractivity contribution is -0.137. The standard InChI is InChI=1S/C35H33ClN6O4S/c1-20-21(2)47-35-32(20)33(24-6-8-26(36)9-7-24)37-27(34-39-38-22(3)42(34)35)19-31(45)41-15-13-40(14-16-41)30(44)11-10-28(43)25-5-4-23-12-17-46-29(23)18-25/h4-11,18,27H,12-17,19H2,1-3H3/b11-10+/t27-/m0/s1. The van der Waals surface area contributed by atoms with Gasteiger partial charge in [-0.15, -0.1) is 21.5 Å². The van der Waals surface area contributed by atoms with Crippen molar-refractivity contribution < 1.29 is 19.1 Å². The van der Waals surface area contributed by atoms with Crippen LogP contribution in [0.5, 0.6) is 5.75 Å². The van der Waals surface area contributed by atoms with E-state index in [-0.39, 0.29) is 24.0 Å². The topological polar surface area (TPSA) is 110 Å². The smallest absolute Gasteiger partial charge is 0.246 e. The number of piperazine rings is 1. The summed E-state index contributed by atoms with van der Waals surface area (Å²) in [7, 11) is 0. The molecule has 0 unspecified atom stereocenters. The number of hydrogen-bond acceptors (Lipinski definition) is 8. The van der Waals surface area contributed by atoms with Crippen LogP contribution >= 0.6 is 22.9 Å². The van der Waals surface area contributed by atoms with Crippen molar-refractivity contribution in [2.24, 2.45) is 4.99 Å². The quantitative estimate of drug-likeness (QED) is 0.206. The van der Waals surface area contributed by atoms with Crippen molar-refractivity contribution in [3.8, 4) is 10.8 Å². The van der Waals surface area contributed by atoms with E-state index in [1.807, 2.05) is 41.8 Å². The molecule has 2 amide bonds. The van der Waals surface area contributed by atoms with Gasteiger partial charge in [-0.3, -0.25) is 23.9 Å². The SMILES string of the molecule is Cc1sc2c(c1C)C(c1ccc(Cl)cc1)=N[C@@H](CC(=O)N1CCN(C(=O)/C=C/C(=O)c3ccc4c(c3)OCC4)CC1)c1nnc(C)n1-2. The van der Waals surface area contributed by atoms with Crippen LogP contribution in [0.1, 0.15) is 61.6 Å². The van der Waals surface area contributed by atoms with E-state index in [1.165, 1.54) is 17.0 Å². The molecule has 7 rings (SSSR count). The maximum atomic E-state index is 13.8. The lowest BCUT2D eigenvalue weighted by atomic mass is 9.99. The van der Waals surface area contributed by atoms with Crippen molar-refractivity contribution >= 4 is 46.2 Å². The monoisotopic (exact) mass is 668 g/mol. The molecule has 2 aromatic heterocycles. The third kappa shape index (κ3) is 5.89. The van der Waals surface area contributed by atoms with E-state index in [4.69, 9.17) is 21.3 Å². The average molecular weight is 669 g/mol. The van der Waals surface area contributed by atoms with Crippen molar-refractivity contribution in [1.29, 1.82) is 0 Å². The average Bonchev–Trinajstić information content (AvgIpc) is 3.76. The second-order valence-electron chi connectivity index (χ2n) is 11.9. The van der Waals surface area contributed by atoms with E-state index >= 15 is 0 Å². The summed E-state index contributed by atoms with van der Waals surface area (Å²) in [5, 5.41) is 10.5. The number of ketones is 1. The number of nitrogens with zero attached hydrogens (tertiary/aromatic N) is 6. The van der Waals surface area contributed by atoms with Crippen LogP contribution in [0.2, 0.25) is 5.02 Å². The number of aliphatic imine (C=N–C) groups is 1. The van der Waals surface area contributed by atoms with Gasteiger partial charge < -0.3 is 14.5 Å². The van der Waals surface area contributed by atoms with E-state index in [0.29, 0.717) is 49.2 Å². The Morgan fingerprint density at radius 3 is 2.49 bits per heavy atom. The minimum absolute atomic E-state index is 0.0730. The van der Waals surface area contributed by atoms with Gasteiger partial charge in [0.15, 0.2) is 11.6 Å². The molecule has 1 atom stereocenters. The largest absolute Gasteiger partial charge is 0.493 e. The van der Waals surface area contributed by atoms with Crippen molar-refractivity contribution in [2.75, 3.05) is 32.8 Å². The number of rotatable bonds is 6. The molecule has 1 fully saturated rings. The Hall–Kier alpha value is -4.61. The molecule has 1 saturated heterocycles. The summed E-state index contributed by atoms with van der Waals surface area (Å²) in [6, 6.07) is 12.4. The third-order valence-corrected chi connectivity index (χ3v) is 10.5. The molecule has 0 spiro atoms. The number of amides is 2. The highest BCUT2D eigenvalue weighted by molar-refractivity contribution is 7.15. The van der Waals surface area contributed by atoms with Crippen LogP contribution in [-0.4, -0.2) is 80.7 Å². The maximum Gasteiger partial charge on any atom is 0.246 e. The summed E-state index contributed by atoms with van der Waals surface area (Å²) < 4.78 is 7.59. The number of ether oxygens (including phenoxy) is 1. The van der Waals surface area contributed by atoms with E-state index in [2.05, 4.69) is 24.0 Å². The van der Waals surface area contributed by atoms with Crippen LogP contribution in [-0.2, 0) is 16.0 Å². The molecule has 10 nitrogen and oxygen atoms in total. The number of allylic oxidation sites excluding steroid dienone is 1. The summed E-state index contributed by atoms with van der Waals surface area (Å²) in [5.41, 5.74) is 5.41. The van der Waals surface area contributed by atoms with Crippen molar-refractivity contribution in [3.63, 3.8) is 0 Å². The van der Waals surface area contributed by atoms with Crippen LogP contribution < -0.4 is 4.74 Å². The lowest BCUT2D eigenvalue weighted by Gasteiger charge is -2.34. The molecule has 240 valence electrons. The Morgan fingerprint density at radius 1 is 0.979 bits per heavy atom. The van der Waals surface area contributed by atoms with Gasteiger partial charge >= 0.3 is 0 Å². The van der Waals surface area contributed by atoms with Gasteiger partial charge in [0.05, 0.1) is 18.7 Å². The number of halogens is 1. The van der Waals surface area contributed by atoms with Crippen LogP contribution in [0.15, 0.2) is 59.6 Å². The first kappa shape index (κ1) is 31.0. The minimum atomic E-state index is -0.563. The molecule has 0 radical (unpaired) electrons. The summed E-state index contributed by atoms with van der Waals surface area (Å²) in [6.45, 7) is 8.21. The normalized spacial score (nSPS) is 17.1. The first-order valence-corrected chi connectivity index (χ1v) is 16.8. The zero-order valence-corrected chi connectivity index (χ0v) is 27.9. The van der Waals surface area contributed by atoms with Crippen LogP contribution in [0.3, 0.4) is 0 Å². The molecule has 3 aliphatic rings. The molecule has 4 aromatic rings. The number of hydrogen-bond donors (Lipinski definition) is 0. The van der Waals surface area contributed by atoms with Gasteiger partial charge in [-0.25, -0.2) is 0 Å². The molecular weight excluding hydrogens is 636 g/mol. The van der Waals surface area contributed by atoms with Gasteiger partial charge in [-0.05, 0) is 56.2 Å². The molecule has 12 heteroatoms. The Bertz CT molecular complexity index is 1970. The molecular formula is C35H33ClN6O4S. The summed E-state index contributed by atoms with van der Waals surface area (Å²) in [6.07, 6.45) is 3.56. The van der Waals surface area contributed by atoms with E-state index in [1.54, 1.807) is 33.3 Å². The Labute approximate surface area is 281 Å². The second kappa shape index (κ2) is 12.5. The molecule has 0 aliphatic carbocycles. The molecule has 0 bridgehead atoms. The third-order valence-electron chi connectivity index (χ3n) is 9.03. The first-order chi connectivity index (χ1) is 22.7. The van der Waals surface area contributed by atoms with E-state index < -0.39 is 6.04 Å². The molecule has 47 heavy (non-hydrogen) atoms. The van der Waals surface area contributed by atoms with Crippen LogP contribution in [0.25, 0.3) is 5.00 Å². The number of carbonyl (C=O) groups is 3. The second-order valence-corrected chi connectivity index (χ2v) is 13.6. The fraction of sp³-hybridized carbons (Fsp3) is 0.314. The maximum absolute atomic E-state index is 13.8. The highest BCUT2D eigenvalue weighted by atomic mass is 35.5. The predicted molar refractivity (Wildman–Crippen MR) is 180 cm³/mol. The zero-order chi connectivity index (χ0) is 32.8. The number of aryl methyl sites for hydroxylation is 2. The fourth-order valence-electron chi connectivity index (χ4n) is 6.27. The summed E-state index contributed by atoms with van der Waals surface area (Å²) in [4.78, 5) is 49.2. The minimum Gasteiger partial charge on any atom is -0.493 e. The number of fused-ring (bicyclic) bond motifs is 4. The summed E-state index contributed by atoms with van der Waals surface area (Å²) >= 11 is 7.89. The van der Waals surface area contributed by atoms with Gasteiger partial charge in [0.2, 0.25) is 11.8 Å². The molecule has 5 heterocycles. The van der Waals surface area contributed by atoms with E-state index in [9.17, 15) is 14.4 Å². The molecule has 0 saturated carbocycles. The molecule has 2 aromatic carbocycles. The fourth-order valence-corrected chi connectivity index (χ4v) is 7.61. The highest BCUT2D eigenvalue weighted by Crippen LogP contribution is 2.40. The highest BCUT2D eigenvalue weighted by Gasteiger charge is 2.34. The Balaban J connectivity index is 1.06. The summed E-state index contributed by atoms with van der Waals surface area (Å²) in [5.74, 6) is 1.50. The van der Waals surface area contributed by atoms with Crippen molar-refractivity contribution in [3.05, 3.63) is 104 Å². The Kier molecular flexibility index (Phi) is 8.27. The number of thiophene rings is 1.